The number of aliphatic hydroxyl groups is 1. The number of aryl methyl sites for hydroxylation is 2. The summed E-state index contributed by atoms with van der Waals surface area (Å²) in [5.74, 6) is 0.644. The number of aliphatic hydroxyl groups excluding tert-OH is 1. The minimum atomic E-state index is -0.504. The molecule has 1 aromatic carbocycles. The zero-order valence-corrected chi connectivity index (χ0v) is 17.5. The van der Waals surface area contributed by atoms with Crippen LogP contribution in [0.1, 0.15) is 28.2 Å². The Kier molecular flexibility index (Phi) is 6.40. The van der Waals surface area contributed by atoms with Crippen LogP contribution in [0.3, 0.4) is 0 Å². The number of hydrogen-bond acceptors (Lipinski definition) is 6. The highest BCUT2D eigenvalue weighted by molar-refractivity contribution is 7.18. The summed E-state index contributed by atoms with van der Waals surface area (Å²) in [7, 11) is 1.66. The maximum atomic E-state index is 12.7. The summed E-state index contributed by atoms with van der Waals surface area (Å²) in [4.78, 5) is 24.6. The van der Waals surface area contributed by atoms with Crippen molar-refractivity contribution in [1.29, 1.82) is 0 Å². The van der Waals surface area contributed by atoms with Crippen molar-refractivity contribution in [2.45, 2.75) is 38.3 Å². The van der Waals surface area contributed by atoms with Gasteiger partial charge in [0.05, 0.1) is 24.6 Å². The quantitative estimate of drug-likeness (QED) is 0.564. The molecule has 7 heteroatoms. The monoisotopic (exact) mass is 413 g/mol. The predicted octanol–water partition coefficient (Wildman–Crippen LogP) is 2.53. The Bertz CT molecular complexity index is 1020. The molecule has 0 aliphatic heterocycles. The summed E-state index contributed by atoms with van der Waals surface area (Å²) in [6.07, 6.45) is 3.24. The van der Waals surface area contributed by atoms with Crippen LogP contribution in [0.4, 0.5) is 0 Å². The fourth-order valence-electron chi connectivity index (χ4n) is 4.04. The highest BCUT2D eigenvalue weighted by Crippen LogP contribution is 2.34. The van der Waals surface area contributed by atoms with Gasteiger partial charge in [0.1, 0.15) is 10.7 Å². The lowest BCUT2D eigenvalue weighted by Gasteiger charge is -2.24. The Morgan fingerprint density at radius 1 is 1.31 bits per heavy atom. The predicted molar refractivity (Wildman–Crippen MR) is 116 cm³/mol. The molecule has 4 rings (SSSR count). The van der Waals surface area contributed by atoms with Gasteiger partial charge in [0, 0.05) is 25.1 Å². The van der Waals surface area contributed by atoms with Crippen molar-refractivity contribution in [3.8, 4) is 0 Å². The zero-order chi connectivity index (χ0) is 20.2. The molecule has 0 bridgehead atoms. The number of methoxy groups -OCH3 is 1. The molecule has 154 valence electrons. The third kappa shape index (κ3) is 4.75. The third-order valence-corrected chi connectivity index (χ3v) is 6.58. The normalized spacial score (nSPS) is 14.6. The largest absolute Gasteiger partial charge is 0.391 e. The average molecular weight is 414 g/mol. The number of nitrogens with zero attached hydrogens (tertiary/aromatic N) is 2. The maximum Gasteiger partial charge on any atom is 0.259 e. The number of H-pyrrole nitrogens is 1. The first-order valence-corrected chi connectivity index (χ1v) is 10.9. The van der Waals surface area contributed by atoms with Crippen molar-refractivity contribution in [2.24, 2.45) is 0 Å². The second kappa shape index (κ2) is 9.17. The van der Waals surface area contributed by atoms with Crippen LogP contribution in [0, 0.1) is 0 Å². The van der Waals surface area contributed by atoms with Crippen molar-refractivity contribution in [3.63, 3.8) is 0 Å². The number of thiophene rings is 1. The molecule has 29 heavy (non-hydrogen) atoms. The van der Waals surface area contributed by atoms with E-state index in [1.807, 2.05) is 30.3 Å². The lowest BCUT2D eigenvalue weighted by atomic mass is 10.1. The summed E-state index contributed by atoms with van der Waals surface area (Å²) < 4.78 is 5.23. The van der Waals surface area contributed by atoms with E-state index in [-0.39, 0.29) is 5.56 Å². The first-order chi connectivity index (χ1) is 14.1. The molecule has 1 aliphatic carbocycles. The zero-order valence-electron chi connectivity index (χ0n) is 16.7. The first-order valence-electron chi connectivity index (χ1n) is 10.1. The summed E-state index contributed by atoms with van der Waals surface area (Å²) in [5.41, 5.74) is 2.26. The number of aromatic nitrogens is 2. The molecule has 3 aromatic rings. The van der Waals surface area contributed by atoms with Crippen LogP contribution in [0.25, 0.3) is 10.2 Å². The minimum Gasteiger partial charge on any atom is -0.391 e. The molecule has 1 aliphatic rings. The maximum absolute atomic E-state index is 12.7. The number of rotatable bonds is 9. The number of nitrogens with one attached hydrogen (secondary N) is 1. The number of fused-ring (bicyclic) bond motifs is 3. The van der Waals surface area contributed by atoms with Gasteiger partial charge in [-0.25, -0.2) is 4.98 Å². The second-order valence-corrected chi connectivity index (χ2v) is 8.71. The summed E-state index contributed by atoms with van der Waals surface area (Å²) >= 11 is 1.65. The molecule has 1 atom stereocenters. The second-order valence-electron chi connectivity index (χ2n) is 7.62. The Morgan fingerprint density at radius 2 is 2.14 bits per heavy atom. The summed E-state index contributed by atoms with van der Waals surface area (Å²) in [5, 5.41) is 11.4. The van der Waals surface area contributed by atoms with E-state index in [9.17, 15) is 9.90 Å². The van der Waals surface area contributed by atoms with E-state index >= 15 is 0 Å². The van der Waals surface area contributed by atoms with E-state index in [0.717, 1.165) is 35.0 Å². The van der Waals surface area contributed by atoms with Crippen LogP contribution in [0.5, 0.6) is 0 Å². The fourth-order valence-corrected chi connectivity index (χ4v) is 5.32. The van der Waals surface area contributed by atoms with E-state index in [1.54, 1.807) is 18.4 Å². The van der Waals surface area contributed by atoms with Crippen LogP contribution < -0.4 is 5.56 Å². The molecule has 2 N–H and O–H groups in total. The van der Waals surface area contributed by atoms with Gasteiger partial charge < -0.3 is 14.8 Å². The molecule has 0 saturated heterocycles. The molecule has 0 fully saturated rings. The van der Waals surface area contributed by atoms with Gasteiger partial charge in [-0.15, -0.1) is 11.3 Å². The summed E-state index contributed by atoms with van der Waals surface area (Å²) in [6.45, 7) is 2.17. The van der Waals surface area contributed by atoms with E-state index in [0.29, 0.717) is 38.5 Å². The highest BCUT2D eigenvalue weighted by Gasteiger charge is 2.22. The van der Waals surface area contributed by atoms with Crippen LogP contribution in [-0.2, 0) is 30.5 Å². The van der Waals surface area contributed by atoms with Gasteiger partial charge in [0.15, 0.2) is 0 Å². The van der Waals surface area contributed by atoms with Gasteiger partial charge in [-0.2, -0.15) is 0 Å². The topological polar surface area (TPSA) is 78.5 Å². The molecule has 6 nitrogen and oxygen atoms in total. The number of benzene rings is 1. The van der Waals surface area contributed by atoms with E-state index in [4.69, 9.17) is 9.72 Å². The molecule has 2 aromatic heterocycles. The van der Waals surface area contributed by atoms with Crippen LogP contribution >= 0.6 is 11.3 Å². The Balaban J connectivity index is 1.49. The lowest BCUT2D eigenvalue weighted by molar-refractivity contribution is 0.0837. The van der Waals surface area contributed by atoms with Gasteiger partial charge in [-0.05, 0) is 36.8 Å². The van der Waals surface area contributed by atoms with Crippen molar-refractivity contribution in [3.05, 3.63) is 62.5 Å². The van der Waals surface area contributed by atoms with Crippen molar-refractivity contribution in [1.82, 2.24) is 14.9 Å². The van der Waals surface area contributed by atoms with E-state index in [2.05, 4.69) is 9.88 Å². The number of hydrogen-bond donors (Lipinski definition) is 2. The molecular weight excluding hydrogens is 386 g/mol. The van der Waals surface area contributed by atoms with Crippen LogP contribution in [-0.4, -0.2) is 52.9 Å². The third-order valence-electron chi connectivity index (χ3n) is 5.39. The first kappa shape index (κ1) is 20.2. The molecular formula is C22H27N3O3S. The minimum absolute atomic E-state index is 0.0408. The lowest BCUT2D eigenvalue weighted by Crippen LogP contribution is -2.36. The number of aromatic amines is 1. The fraction of sp³-hybridized carbons (Fsp3) is 0.455. The smallest absolute Gasteiger partial charge is 0.259 e. The van der Waals surface area contributed by atoms with Gasteiger partial charge in [-0.1, -0.05) is 30.3 Å². The SMILES string of the molecule is COCCN(Cc1nc2sc3c(c2c(=O)[nH]1)CCC3)CC(O)Cc1ccccc1. The standard InChI is InChI=1S/C22H27N3O3S/c1-28-11-10-25(13-16(26)12-15-6-3-2-4-7-15)14-19-23-21(27)20-17-8-5-9-18(17)29-22(20)24-19/h2-4,6-7,16,26H,5,8-14H2,1H3,(H,23,24,27). The van der Waals surface area contributed by atoms with Crippen LogP contribution in [0.15, 0.2) is 35.1 Å². The highest BCUT2D eigenvalue weighted by atomic mass is 32.1. The van der Waals surface area contributed by atoms with Crippen molar-refractivity contribution >= 4 is 21.6 Å². The van der Waals surface area contributed by atoms with Gasteiger partial charge in [0.2, 0.25) is 0 Å². The van der Waals surface area contributed by atoms with Crippen LogP contribution in [0.2, 0.25) is 0 Å². The van der Waals surface area contributed by atoms with E-state index in [1.165, 1.54) is 10.4 Å². The van der Waals surface area contributed by atoms with Gasteiger partial charge in [-0.3, -0.25) is 9.69 Å². The molecule has 2 heterocycles. The van der Waals surface area contributed by atoms with Crippen molar-refractivity contribution < 1.29 is 9.84 Å². The molecule has 0 saturated carbocycles. The summed E-state index contributed by atoms with van der Waals surface area (Å²) in [6, 6.07) is 9.97. The van der Waals surface area contributed by atoms with E-state index < -0.39 is 6.10 Å². The average Bonchev–Trinajstić information content (AvgIpc) is 3.27. The van der Waals surface area contributed by atoms with Gasteiger partial charge in [0.25, 0.3) is 5.56 Å². The Morgan fingerprint density at radius 3 is 2.93 bits per heavy atom. The molecule has 0 spiro atoms. The molecule has 0 radical (unpaired) electrons. The Hall–Kier alpha value is -2.06. The molecule has 1 unspecified atom stereocenters. The molecule has 0 amide bonds. The Labute approximate surface area is 174 Å². The van der Waals surface area contributed by atoms with Gasteiger partial charge >= 0.3 is 0 Å². The number of ether oxygens (including phenoxy) is 1. The van der Waals surface area contributed by atoms with Crippen molar-refractivity contribution in [2.75, 3.05) is 26.8 Å².